The van der Waals surface area contributed by atoms with Crippen LogP contribution in [0.3, 0.4) is 0 Å². The third kappa shape index (κ3) is 8.31. The fraction of sp³-hybridized carbons (Fsp3) is 0.350. The third-order valence-electron chi connectivity index (χ3n) is 10.1. The number of fused-ring (bicyclic) bond motifs is 4. The predicted molar refractivity (Wildman–Crippen MR) is 230 cm³/mol. The van der Waals surface area contributed by atoms with Crippen LogP contribution in [0.15, 0.2) is 61.2 Å². The van der Waals surface area contributed by atoms with E-state index < -0.39 is 0 Å². The number of nitrogens with one attached hydrogen (secondary N) is 1. The lowest BCUT2D eigenvalue weighted by molar-refractivity contribution is -0.112. The van der Waals surface area contributed by atoms with Crippen LogP contribution in [0, 0.1) is 0 Å². The monoisotopic (exact) mass is 834 g/mol. The highest BCUT2D eigenvalue weighted by Gasteiger charge is 2.35. The molecule has 2 saturated carbocycles. The number of carbonyl (C=O) groups excluding carboxylic acids is 2. The van der Waals surface area contributed by atoms with Crippen LogP contribution < -0.4 is 11.1 Å². The maximum atomic E-state index is 12.0. The highest BCUT2D eigenvalue weighted by atomic mass is 35.5. The van der Waals surface area contributed by atoms with Gasteiger partial charge < -0.3 is 11.1 Å². The summed E-state index contributed by atoms with van der Waals surface area (Å²) in [6.07, 6.45) is 9.14. The summed E-state index contributed by atoms with van der Waals surface area (Å²) in [6.45, 7) is 7.94. The van der Waals surface area contributed by atoms with E-state index in [1.54, 1.807) is 45.3 Å². The van der Waals surface area contributed by atoms with Gasteiger partial charge in [0, 0.05) is 71.4 Å². The van der Waals surface area contributed by atoms with Crippen LogP contribution in [0.1, 0.15) is 53.0 Å². The first kappa shape index (κ1) is 37.7. The average Bonchev–Trinajstić information content (AvgIpc) is 4.05. The Hall–Kier alpha value is -3.20. The zero-order valence-electron chi connectivity index (χ0n) is 29.6. The van der Waals surface area contributed by atoms with Crippen molar-refractivity contribution in [2.75, 3.05) is 30.0 Å². The van der Waals surface area contributed by atoms with Crippen LogP contribution in [0.4, 0.5) is 10.0 Å². The van der Waals surface area contributed by atoms with E-state index in [4.69, 9.17) is 38.9 Å². The minimum Gasteiger partial charge on any atom is -0.390 e. The number of para-hydroxylation sites is 2. The molecule has 6 aromatic rings. The normalized spacial score (nSPS) is 16.9. The van der Waals surface area contributed by atoms with Crippen molar-refractivity contribution in [2.24, 2.45) is 0 Å². The number of aromatic nitrogens is 2. The number of thiazole rings is 2. The number of nitrogens with zero attached hydrogens (tertiary/aromatic N) is 4. The Morgan fingerprint density at radius 1 is 0.815 bits per heavy atom. The molecule has 0 unspecified atom stereocenters. The summed E-state index contributed by atoms with van der Waals surface area (Å²) in [5.74, 6) is 0.160. The second-order valence-electron chi connectivity index (χ2n) is 13.8. The Morgan fingerprint density at radius 2 is 1.33 bits per heavy atom. The second-order valence-corrected chi connectivity index (χ2v) is 18.9. The Kier molecular flexibility index (Phi) is 11.5. The summed E-state index contributed by atoms with van der Waals surface area (Å²) in [7, 11) is 0. The maximum absolute atomic E-state index is 12.0. The van der Waals surface area contributed by atoms with Gasteiger partial charge in [0.2, 0.25) is 11.1 Å². The number of carbonyl (C=O) groups is 2. The number of rotatable bonds is 8. The fourth-order valence-corrected chi connectivity index (χ4v) is 12.1. The Morgan fingerprint density at radius 3 is 1.81 bits per heavy atom. The molecular weight excluding hydrogens is 796 g/mol. The van der Waals surface area contributed by atoms with Gasteiger partial charge in [-0.3, -0.25) is 19.4 Å². The molecule has 4 aromatic heterocycles. The van der Waals surface area contributed by atoms with Gasteiger partial charge in [-0.05, 0) is 91.6 Å². The zero-order chi connectivity index (χ0) is 37.3. The molecule has 0 saturated heterocycles. The molecule has 14 heteroatoms. The smallest absolute Gasteiger partial charge is 0.248 e. The number of alkyl halides is 1. The van der Waals surface area contributed by atoms with E-state index in [2.05, 4.69) is 46.0 Å². The molecule has 2 aliphatic carbocycles. The molecule has 280 valence electrons. The van der Waals surface area contributed by atoms with E-state index in [9.17, 15) is 9.59 Å². The molecule has 0 radical (unpaired) electrons. The molecule has 54 heavy (non-hydrogen) atoms. The Bertz CT molecular complexity index is 2270. The highest BCUT2D eigenvalue weighted by Crippen LogP contribution is 2.48. The topological polar surface area (TPSA) is 104 Å². The third-order valence-corrected chi connectivity index (χ3v) is 14.7. The first-order valence-corrected chi connectivity index (χ1v) is 22.4. The molecule has 3 N–H and O–H groups in total. The number of hydrogen-bond donors (Lipinski definition) is 2. The number of halogens is 2. The molecule has 2 aromatic carbocycles. The molecule has 4 aliphatic rings. The van der Waals surface area contributed by atoms with Gasteiger partial charge >= 0.3 is 0 Å². The molecule has 1 amide bonds. The van der Waals surface area contributed by atoms with Crippen LogP contribution in [-0.4, -0.2) is 62.0 Å². The summed E-state index contributed by atoms with van der Waals surface area (Å²) in [4.78, 5) is 39.4. The summed E-state index contributed by atoms with van der Waals surface area (Å²) >= 11 is 16.9. The molecule has 0 atom stereocenters. The van der Waals surface area contributed by atoms with Gasteiger partial charge in [0.05, 0.1) is 25.4 Å². The van der Waals surface area contributed by atoms with Crippen LogP contribution >= 0.6 is 68.5 Å². The molecule has 6 heterocycles. The molecule has 0 spiro atoms. The van der Waals surface area contributed by atoms with Crippen LogP contribution in [-0.2, 0) is 35.5 Å². The van der Waals surface area contributed by atoms with Gasteiger partial charge in [0.15, 0.2) is 0 Å². The Balaban J connectivity index is 0.000000135. The van der Waals surface area contributed by atoms with Crippen molar-refractivity contribution in [3.63, 3.8) is 0 Å². The quantitative estimate of drug-likeness (QED) is 0.0894. The molecular formula is C40H40Cl2N6O2S4. The number of nitrogens with two attached hydrogens (primary N) is 1. The van der Waals surface area contributed by atoms with Crippen LogP contribution in [0.2, 0.25) is 0 Å². The number of amides is 1. The van der Waals surface area contributed by atoms with Crippen molar-refractivity contribution < 1.29 is 9.59 Å². The highest BCUT2D eigenvalue weighted by molar-refractivity contribution is 7.23. The molecule has 0 bridgehead atoms. The van der Waals surface area contributed by atoms with Gasteiger partial charge in [-0.15, -0.1) is 56.9 Å². The predicted octanol–water partition coefficient (Wildman–Crippen LogP) is 10.2. The standard InChI is InChI=1S/C20H19N3OS2.C17H17N3S2.C3H4Cl2O/c1-2-17(24)22-20-18(19-21-14-5-3-4-6-15(14)25-19)13-9-10-23(12-7-8-12)11-16(13)26-20;18-16-15(17-19-12-3-1-2-4-13(12)22-17)11-7-8-20(10-5-6-10)9-14(11)21-16;4-2-1-3(5)6/h2-6,12H,1,7-11H2,(H,22,24);1-4,10H,5-9,18H2;1-2H2. The fourth-order valence-electron chi connectivity index (χ4n) is 7.11. The summed E-state index contributed by atoms with van der Waals surface area (Å²) in [5, 5.41) is 6.62. The largest absolute Gasteiger partial charge is 0.390 e. The minimum absolute atomic E-state index is 0.162. The van der Waals surface area contributed by atoms with E-state index in [0.717, 1.165) is 81.2 Å². The zero-order valence-corrected chi connectivity index (χ0v) is 34.4. The molecule has 2 aliphatic heterocycles. The van der Waals surface area contributed by atoms with E-state index in [1.807, 2.05) is 24.3 Å². The minimum atomic E-state index is -0.370. The second kappa shape index (κ2) is 16.5. The van der Waals surface area contributed by atoms with E-state index in [1.165, 1.54) is 74.1 Å². The van der Waals surface area contributed by atoms with Gasteiger partial charge in [-0.25, -0.2) is 9.97 Å². The van der Waals surface area contributed by atoms with Crippen molar-refractivity contribution in [3.05, 3.63) is 82.1 Å². The van der Waals surface area contributed by atoms with Crippen LogP contribution in [0.25, 0.3) is 41.6 Å². The maximum Gasteiger partial charge on any atom is 0.248 e. The number of hydrogen-bond acceptors (Lipinski definition) is 11. The number of anilines is 2. The number of thiophene rings is 2. The van der Waals surface area contributed by atoms with E-state index in [0.29, 0.717) is 5.88 Å². The average molecular weight is 836 g/mol. The summed E-state index contributed by atoms with van der Waals surface area (Å²) < 4.78 is 2.42. The number of benzene rings is 2. The van der Waals surface area contributed by atoms with Gasteiger partial charge in [-0.1, -0.05) is 30.8 Å². The van der Waals surface area contributed by atoms with Crippen LogP contribution in [0.5, 0.6) is 0 Å². The van der Waals surface area contributed by atoms with Crippen molar-refractivity contribution in [1.82, 2.24) is 19.8 Å². The lowest BCUT2D eigenvalue weighted by atomic mass is 10.0. The lowest BCUT2D eigenvalue weighted by Crippen LogP contribution is -2.31. The van der Waals surface area contributed by atoms with Crippen molar-refractivity contribution in [2.45, 2.75) is 70.1 Å². The molecule has 10 rings (SSSR count). The number of nitrogen functional groups attached to an aromatic ring is 1. The molecule has 2 fully saturated rings. The van der Waals surface area contributed by atoms with Gasteiger partial charge in [0.1, 0.15) is 15.0 Å². The van der Waals surface area contributed by atoms with Crippen molar-refractivity contribution in [1.29, 1.82) is 0 Å². The summed E-state index contributed by atoms with van der Waals surface area (Å²) in [5.41, 5.74) is 13.6. The van der Waals surface area contributed by atoms with E-state index in [-0.39, 0.29) is 17.6 Å². The SMILES string of the molecule is C=CC(=O)Nc1sc2c(c1-c1nc3ccccc3s1)CCN(C1CC1)C2.Nc1sc2c(c1-c1nc3ccccc3s1)CCN(C1CC1)C2.O=C(Cl)CCCl. The lowest BCUT2D eigenvalue weighted by Gasteiger charge is -2.26. The van der Waals surface area contributed by atoms with E-state index >= 15 is 0 Å². The van der Waals surface area contributed by atoms with Gasteiger partial charge in [0.25, 0.3) is 0 Å². The summed E-state index contributed by atoms with van der Waals surface area (Å²) in [6, 6.07) is 18.2. The first-order chi connectivity index (χ1) is 26.3. The van der Waals surface area contributed by atoms with Gasteiger partial charge in [-0.2, -0.15) is 0 Å². The first-order valence-electron chi connectivity index (χ1n) is 18.2. The van der Waals surface area contributed by atoms with Crippen molar-refractivity contribution >= 4 is 110 Å². The van der Waals surface area contributed by atoms with Crippen molar-refractivity contribution in [3.8, 4) is 21.1 Å². The Labute approximate surface area is 340 Å². The molecule has 8 nitrogen and oxygen atoms in total.